The fraction of sp³-hybridized carbons (Fsp3) is 0.167. The highest BCUT2D eigenvalue weighted by atomic mass is 19.1. The zero-order valence-corrected chi connectivity index (χ0v) is 13.5. The number of carbonyl (C=O) groups excluding carboxylic acids is 1. The van der Waals surface area contributed by atoms with Gasteiger partial charge in [0.05, 0.1) is 11.9 Å². The standard InChI is InChI=1S/C18H17FN4O/c1-12-3-8-16(9-13(12)2)23-11-17(21-22-23)18(24)20-10-14-4-6-15(19)7-5-14/h3-9,11H,10H2,1-2H3,(H,20,24). The number of nitrogens with one attached hydrogen (secondary N) is 1. The third-order valence-corrected chi connectivity index (χ3v) is 3.85. The van der Waals surface area contributed by atoms with Gasteiger partial charge in [0.25, 0.3) is 5.91 Å². The van der Waals surface area contributed by atoms with Crippen molar-refractivity contribution in [2.24, 2.45) is 0 Å². The smallest absolute Gasteiger partial charge is 0.273 e. The van der Waals surface area contributed by atoms with Crippen LogP contribution in [0, 0.1) is 19.7 Å². The van der Waals surface area contributed by atoms with E-state index in [1.165, 1.54) is 17.7 Å². The lowest BCUT2D eigenvalue weighted by atomic mass is 10.1. The molecule has 3 aromatic rings. The third kappa shape index (κ3) is 3.48. The number of amides is 1. The van der Waals surface area contributed by atoms with Gasteiger partial charge < -0.3 is 5.32 Å². The topological polar surface area (TPSA) is 59.8 Å². The van der Waals surface area contributed by atoms with Gasteiger partial charge in [-0.3, -0.25) is 4.79 Å². The molecule has 5 nitrogen and oxygen atoms in total. The lowest BCUT2D eigenvalue weighted by molar-refractivity contribution is 0.0946. The second kappa shape index (κ2) is 6.62. The van der Waals surface area contributed by atoms with Crippen molar-refractivity contribution in [1.82, 2.24) is 20.3 Å². The lowest BCUT2D eigenvalue weighted by Gasteiger charge is -2.04. The summed E-state index contributed by atoms with van der Waals surface area (Å²) in [7, 11) is 0. The van der Waals surface area contributed by atoms with Gasteiger partial charge in [0.1, 0.15) is 5.82 Å². The van der Waals surface area contributed by atoms with Crippen molar-refractivity contribution in [2.75, 3.05) is 0 Å². The summed E-state index contributed by atoms with van der Waals surface area (Å²) in [6.07, 6.45) is 1.59. The molecule has 1 amide bonds. The predicted molar refractivity (Wildman–Crippen MR) is 88.4 cm³/mol. The van der Waals surface area contributed by atoms with E-state index in [0.29, 0.717) is 6.54 Å². The fourth-order valence-electron chi connectivity index (χ4n) is 2.24. The van der Waals surface area contributed by atoms with Gasteiger partial charge in [-0.2, -0.15) is 0 Å². The van der Waals surface area contributed by atoms with Crippen LogP contribution in [0.5, 0.6) is 0 Å². The van der Waals surface area contributed by atoms with E-state index in [1.807, 2.05) is 32.0 Å². The number of hydrogen-bond donors (Lipinski definition) is 1. The molecule has 0 aliphatic heterocycles. The van der Waals surface area contributed by atoms with E-state index in [9.17, 15) is 9.18 Å². The number of aryl methyl sites for hydroxylation is 2. The molecule has 0 aliphatic rings. The summed E-state index contributed by atoms with van der Waals surface area (Å²) in [5, 5.41) is 10.7. The monoisotopic (exact) mass is 324 g/mol. The highest BCUT2D eigenvalue weighted by Gasteiger charge is 2.11. The first-order valence-electron chi connectivity index (χ1n) is 7.55. The van der Waals surface area contributed by atoms with Crippen LogP contribution in [0.3, 0.4) is 0 Å². The number of rotatable bonds is 4. The van der Waals surface area contributed by atoms with Gasteiger partial charge in [0.15, 0.2) is 5.69 Å². The molecule has 1 aromatic heterocycles. The Labute approximate surface area is 139 Å². The normalized spacial score (nSPS) is 10.6. The van der Waals surface area contributed by atoms with E-state index in [1.54, 1.807) is 23.0 Å². The van der Waals surface area contributed by atoms with Crippen LogP contribution in [0.15, 0.2) is 48.7 Å². The maximum absolute atomic E-state index is 12.9. The van der Waals surface area contributed by atoms with Crippen molar-refractivity contribution in [3.8, 4) is 5.69 Å². The maximum atomic E-state index is 12.9. The first-order chi connectivity index (χ1) is 11.5. The molecule has 1 heterocycles. The molecule has 0 saturated heterocycles. The largest absolute Gasteiger partial charge is 0.347 e. The highest BCUT2D eigenvalue weighted by Crippen LogP contribution is 2.13. The van der Waals surface area contributed by atoms with Crippen molar-refractivity contribution in [1.29, 1.82) is 0 Å². The third-order valence-electron chi connectivity index (χ3n) is 3.85. The SMILES string of the molecule is Cc1ccc(-n2cc(C(=O)NCc3ccc(F)cc3)nn2)cc1C. The minimum Gasteiger partial charge on any atom is -0.347 e. The molecular weight excluding hydrogens is 307 g/mol. The van der Waals surface area contributed by atoms with Crippen molar-refractivity contribution in [2.45, 2.75) is 20.4 Å². The molecule has 0 atom stereocenters. The number of benzene rings is 2. The van der Waals surface area contributed by atoms with Crippen molar-refractivity contribution in [3.63, 3.8) is 0 Å². The Morgan fingerprint density at radius 2 is 1.88 bits per heavy atom. The second-order valence-electron chi connectivity index (χ2n) is 5.63. The summed E-state index contributed by atoms with van der Waals surface area (Å²) >= 11 is 0. The zero-order chi connectivity index (χ0) is 17.1. The van der Waals surface area contributed by atoms with Gasteiger partial charge in [-0.15, -0.1) is 5.10 Å². The van der Waals surface area contributed by atoms with Crippen LogP contribution in [0.4, 0.5) is 4.39 Å². The Morgan fingerprint density at radius 3 is 2.58 bits per heavy atom. The Morgan fingerprint density at radius 1 is 1.12 bits per heavy atom. The van der Waals surface area contributed by atoms with Gasteiger partial charge in [-0.25, -0.2) is 9.07 Å². The molecule has 0 unspecified atom stereocenters. The van der Waals surface area contributed by atoms with E-state index < -0.39 is 0 Å². The molecule has 122 valence electrons. The molecule has 2 aromatic carbocycles. The Kier molecular flexibility index (Phi) is 4.37. The van der Waals surface area contributed by atoms with Crippen LogP contribution in [0.2, 0.25) is 0 Å². The van der Waals surface area contributed by atoms with Crippen LogP contribution in [0.25, 0.3) is 5.69 Å². The van der Waals surface area contributed by atoms with Crippen LogP contribution in [0.1, 0.15) is 27.2 Å². The van der Waals surface area contributed by atoms with Gasteiger partial charge in [0, 0.05) is 6.54 Å². The van der Waals surface area contributed by atoms with Gasteiger partial charge in [0.2, 0.25) is 0 Å². The molecule has 0 aliphatic carbocycles. The average molecular weight is 324 g/mol. The molecule has 6 heteroatoms. The number of carbonyl (C=O) groups is 1. The van der Waals surface area contributed by atoms with Crippen LogP contribution < -0.4 is 5.32 Å². The van der Waals surface area contributed by atoms with E-state index in [4.69, 9.17) is 0 Å². The minimum atomic E-state index is -0.325. The maximum Gasteiger partial charge on any atom is 0.273 e. The molecule has 3 rings (SSSR count). The van der Waals surface area contributed by atoms with E-state index in [0.717, 1.165) is 16.8 Å². The summed E-state index contributed by atoms with van der Waals surface area (Å²) in [5.41, 5.74) is 4.23. The van der Waals surface area contributed by atoms with Crippen molar-refractivity contribution < 1.29 is 9.18 Å². The fourth-order valence-corrected chi connectivity index (χ4v) is 2.24. The van der Waals surface area contributed by atoms with Gasteiger partial charge in [-0.05, 0) is 54.8 Å². The van der Waals surface area contributed by atoms with E-state index in [2.05, 4.69) is 15.6 Å². The Bertz CT molecular complexity index is 871. The Balaban J connectivity index is 1.69. The molecular formula is C18H17FN4O. The average Bonchev–Trinajstić information content (AvgIpc) is 3.07. The summed E-state index contributed by atoms with van der Waals surface area (Å²) in [4.78, 5) is 12.1. The Hall–Kier alpha value is -3.02. The molecule has 1 N–H and O–H groups in total. The zero-order valence-electron chi connectivity index (χ0n) is 13.5. The predicted octanol–water partition coefficient (Wildman–Crippen LogP) is 2.95. The number of aromatic nitrogens is 3. The first-order valence-corrected chi connectivity index (χ1v) is 7.55. The van der Waals surface area contributed by atoms with Gasteiger partial charge in [-0.1, -0.05) is 23.4 Å². The summed E-state index contributed by atoms with van der Waals surface area (Å²) in [6, 6.07) is 11.9. The summed E-state index contributed by atoms with van der Waals surface area (Å²) < 4.78 is 14.4. The molecule has 0 saturated carbocycles. The van der Waals surface area contributed by atoms with Crippen LogP contribution in [-0.4, -0.2) is 20.9 Å². The highest BCUT2D eigenvalue weighted by molar-refractivity contribution is 5.91. The van der Waals surface area contributed by atoms with Crippen molar-refractivity contribution >= 4 is 5.91 Å². The molecule has 0 spiro atoms. The number of nitrogens with zero attached hydrogens (tertiary/aromatic N) is 3. The molecule has 0 bridgehead atoms. The van der Waals surface area contributed by atoms with Gasteiger partial charge >= 0.3 is 0 Å². The van der Waals surface area contributed by atoms with E-state index >= 15 is 0 Å². The second-order valence-corrected chi connectivity index (χ2v) is 5.63. The number of halogens is 1. The van der Waals surface area contributed by atoms with Crippen LogP contribution in [-0.2, 0) is 6.54 Å². The summed E-state index contributed by atoms with van der Waals surface area (Å²) in [5.74, 6) is -0.629. The molecule has 0 fully saturated rings. The minimum absolute atomic E-state index is 0.232. The first kappa shape index (κ1) is 15.9. The van der Waals surface area contributed by atoms with Crippen LogP contribution >= 0.6 is 0 Å². The van der Waals surface area contributed by atoms with Crippen molar-refractivity contribution in [3.05, 3.63) is 76.9 Å². The summed E-state index contributed by atoms with van der Waals surface area (Å²) in [6.45, 7) is 4.36. The molecule has 0 radical (unpaired) electrons. The number of hydrogen-bond acceptors (Lipinski definition) is 3. The molecule has 24 heavy (non-hydrogen) atoms. The lowest BCUT2D eigenvalue weighted by Crippen LogP contribution is -2.23. The quantitative estimate of drug-likeness (QED) is 0.803. The van der Waals surface area contributed by atoms with E-state index in [-0.39, 0.29) is 17.4 Å².